The van der Waals surface area contributed by atoms with Crippen LogP contribution in [0.25, 0.3) is 5.57 Å². The summed E-state index contributed by atoms with van der Waals surface area (Å²) in [5.74, 6) is 0.626. The predicted octanol–water partition coefficient (Wildman–Crippen LogP) is 5.82. The first-order valence-electron chi connectivity index (χ1n) is 6.47. The molecule has 0 bridgehead atoms. The van der Waals surface area contributed by atoms with Crippen molar-refractivity contribution >= 4 is 5.57 Å². The van der Waals surface area contributed by atoms with Crippen LogP contribution in [0.2, 0.25) is 0 Å². The van der Waals surface area contributed by atoms with Gasteiger partial charge < -0.3 is 0 Å². The summed E-state index contributed by atoms with van der Waals surface area (Å²) >= 11 is 0. The van der Waals surface area contributed by atoms with Crippen molar-refractivity contribution in [2.75, 3.05) is 0 Å². The van der Waals surface area contributed by atoms with Gasteiger partial charge >= 0.3 is 0 Å². The molecule has 1 atom stereocenters. The van der Waals surface area contributed by atoms with Crippen molar-refractivity contribution < 1.29 is 0 Å². The van der Waals surface area contributed by atoms with E-state index in [9.17, 15) is 0 Å². The molecule has 0 saturated heterocycles. The lowest BCUT2D eigenvalue weighted by molar-refractivity contribution is 0.920. The summed E-state index contributed by atoms with van der Waals surface area (Å²) in [6.45, 7) is 16.0. The second-order valence-corrected chi connectivity index (χ2v) is 4.03. The van der Waals surface area contributed by atoms with E-state index in [0.29, 0.717) is 5.92 Å². The fourth-order valence-electron chi connectivity index (χ4n) is 1.99. The van der Waals surface area contributed by atoms with E-state index in [1.807, 2.05) is 20.8 Å². The van der Waals surface area contributed by atoms with E-state index < -0.39 is 0 Å². The van der Waals surface area contributed by atoms with E-state index in [4.69, 9.17) is 0 Å². The van der Waals surface area contributed by atoms with Crippen LogP contribution >= 0.6 is 0 Å². The van der Waals surface area contributed by atoms with Gasteiger partial charge in [-0.15, -0.1) is 6.58 Å². The first-order valence-corrected chi connectivity index (χ1v) is 6.47. The summed E-state index contributed by atoms with van der Waals surface area (Å²) in [4.78, 5) is 0. The Morgan fingerprint density at radius 3 is 2.06 bits per heavy atom. The fraction of sp³-hybridized carbons (Fsp3) is 0.412. The molecule has 0 fully saturated rings. The van der Waals surface area contributed by atoms with Gasteiger partial charge in [0.05, 0.1) is 0 Å². The van der Waals surface area contributed by atoms with Crippen molar-refractivity contribution in [1.82, 2.24) is 0 Å². The largest absolute Gasteiger partial charge is 0.103 e. The van der Waals surface area contributed by atoms with Crippen LogP contribution in [0.15, 0.2) is 42.5 Å². The van der Waals surface area contributed by atoms with E-state index >= 15 is 0 Å². The van der Waals surface area contributed by atoms with Crippen LogP contribution < -0.4 is 0 Å². The lowest BCUT2D eigenvalue weighted by Crippen LogP contribution is -1.88. The van der Waals surface area contributed by atoms with Crippen molar-refractivity contribution in [3.8, 4) is 0 Å². The highest BCUT2D eigenvalue weighted by Gasteiger charge is 2.21. The molecule has 0 aromatic heterocycles. The van der Waals surface area contributed by atoms with Gasteiger partial charge in [-0.05, 0) is 37.5 Å². The molecule has 17 heavy (non-hydrogen) atoms. The van der Waals surface area contributed by atoms with Gasteiger partial charge in [-0.2, -0.15) is 0 Å². The predicted molar refractivity (Wildman–Crippen MR) is 80.3 cm³/mol. The monoisotopic (exact) mass is 230 g/mol. The van der Waals surface area contributed by atoms with Crippen LogP contribution in [-0.4, -0.2) is 0 Å². The molecule has 0 nitrogen and oxygen atoms in total. The number of allylic oxidation sites excluding steroid dienone is 3. The lowest BCUT2D eigenvalue weighted by Gasteiger charge is -2.05. The summed E-state index contributed by atoms with van der Waals surface area (Å²) in [6.07, 6.45) is 1.75. The molecular weight excluding hydrogens is 204 g/mol. The van der Waals surface area contributed by atoms with Crippen LogP contribution in [0.3, 0.4) is 0 Å². The molecule has 0 heterocycles. The van der Waals surface area contributed by atoms with Crippen LogP contribution in [0.1, 0.15) is 58.6 Å². The Balaban J connectivity index is 0.000000450. The first-order chi connectivity index (χ1) is 8.13. The molecule has 0 saturated carbocycles. The third-order valence-electron chi connectivity index (χ3n) is 3.07. The van der Waals surface area contributed by atoms with Crippen molar-refractivity contribution in [2.45, 2.75) is 47.5 Å². The first kappa shape index (κ1) is 15.7. The molecule has 0 heteroatoms. The quantitative estimate of drug-likeness (QED) is 0.493. The Labute approximate surface area is 107 Å². The maximum absolute atomic E-state index is 3.36. The zero-order chi connectivity index (χ0) is 13.4. The average molecular weight is 230 g/mol. The average Bonchev–Trinajstić information content (AvgIpc) is 2.59. The molecule has 1 aromatic rings. The third kappa shape index (κ3) is 3.59. The zero-order valence-corrected chi connectivity index (χ0v) is 12.2. The molecular formula is C17H26. The Morgan fingerprint density at radius 1 is 1.12 bits per heavy atom. The minimum Gasteiger partial charge on any atom is -0.103 e. The van der Waals surface area contributed by atoms with Crippen molar-refractivity contribution in [3.63, 3.8) is 0 Å². The Kier molecular flexibility index (Phi) is 7.29. The maximum Gasteiger partial charge on any atom is 0.00290 e. The molecule has 1 aliphatic carbocycles. The van der Waals surface area contributed by atoms with Gasteiger partial charge in [-0.1, -0.05) is 56.7 Å². The van der Waals surface area contributed by atoms with E-state index in [1.54, 1.807) is 6.08 Å². The SMILES string of the molecule is C=CC.CC.CC1=C(C)C(C)c2ccccc21. The van der Waals surface area contributed by atoms with Gasteiger partial charge in [0.15, 0.2) is 0 Å². The molecule has 0 aliphatic heterocycles. The van der Waals surface area contributed by atoms with Gasteiger partial charge in [0.25, 0.3) is 0 Å². The second-order valence-electron chi connectivity index (χ2n) is 4.03. The topological polar surface area (TPSA) is 0 Å². The van der Waals surface area contributed by atoms with Crippen LogP contribution in [0.4, 0.5) is 0 Å². The molecule has 1 unspecified atom stereocenters. The molecule has 0 spiro atoms. The zero-order valence-electron chi connectivity index (χ0n) is 12.2. The Morgan fingerprint density at radius 2 is 1.59 bits per heavy atom. The number of fused-ring (bicyclic) bond motifs is 1. The summed E-state index contributed by atoms with van der Waals surface area (Å²) in [6, 6.07) is 8.70. The highest BCUT2D eigenvalue weighted by molar-refractivity contribution is 5.76. The molecule has 2 rings (SSSR count). The highest BCUT2D eigenvalue weighted by Crippen LogP contribution is 2.40. The van der Waals surface area contributed by atoms with Gasteiger partial charge in [0.1, 0.15) is 0 Å². The van der Waals surface area contributed by atoms with Gasteiger partial charge in [-0.25, -0.2) is 0 Å². The number of rotatable bonds is 0. The Bertz CT molecular complexity index is 383. The second kappa shape index (κ2) is 7.89. The minimum absolute atomic E-state index is 0.626. The lowest BCUT2D eigenvalue weighted by atomic mass is 9.99. The molecule has 0 amide bonds. The molecule has 0 radical (unpaired) electrons. The maximum atomic E-state index is 3.36. The fourth-order valence-corrected chi connectivity index (χ4v) is 1.99. The van der Waals surface area contributed by atoms with Crippen molar-refractivity contribution in [1.29, 1.82) is 0 Å². The number of hydrogen-bond donors (Lipinski definition) is 0. The van der Waals surface area contributed by atoms with E-state index in [-0.39, 0.29) is 0 Å². The van der Waals surface area contributed by atoms with Crippen molar-refractivity contribution in [2.24, 2.45) is 0 Å². The smallest absolute Gasteiger partial charge is 0.00290 e. The summed E-state index contributed by atoms with van der Waals surface area (Å²) < 4.78 is 0. The number of hydrogen-bond acceptors (Lipinski definition) is 0. The van der Waals surface area contributed by atoms with E-state index in [1.165, 1.54) is 22.3 Å². The minimum atomic E-state index is 0.626. The third-order valence-corrected chi connectivity index (χ3v) is 3.07. The molecule has 94 valence electrons. The van der Waals surface area contributed by atoms with E-state index in [2.05, 4.69) is 51.6 Å². The van der Waals surface area contributed by atoms with Crippen LogP contribution in [0, 0.1) is 0 Å². The molecule has 0 N–H and O–H groups in total. The summed E-state index contributed by atoms with van der Waals surface area (Å²) in [7, 11) is 0. The Hall–Kier alpha value is -1.30. The van der Waals surface area contributed by atoms with Gasteiger partial charge in [0, 0.05) is 5.92 Å². The standard InChI is InChI=1S/C12H14.C3H6.C2H6/c1-8-9(2)11-6-4-5-7-12(11)10(8)3;1-3-2;1-2/h4-7,9H,1-3H3;3H,1H2,2H3;1-2H3. The number of benzene rings is 1. The van der Waals surface area contributed by atoms with Crippen molar-refractivity contribution in [3.05, 3.63) is 53.6 Å². The highest BCUT2D eigenvalue weighted by atomic mass is 14.3. The van der Waals surface area contributed by atoms with Gasteiger partial charge in [-0.3, -0.25) is 0 Å². The molecule has 1 aliphatic rings. The normalized spacial score (nSPS) is 16.2. The van der Waals surface area contributed by atoms with Gasteiger partial charge in [0.2, 0.25) is 0 Å². The summed E-state index contributed by atoms with van der Waals surface area (Å²) in [5, 5.41) is 0. The molecule has 1 aromatic carbocycles. The van der Waals surface area contributed by atoms with Crippen LogP contribution in [-0.2, 0) is 0 Å². The summed E-state index contributed by atoms with van der Waals surface area (Å²) in [5.41, 5.74) is 5.93. The van der Waals surface area contributed by atoms with E-state index in [0.717, 1.165) is 0 Å². The van der Waals surface area contributed by atoms with Crippen LogP contribution in [0.5, 0.6) is 0 Å².